The lowest BCUT2D eigenvalue weighted by molar-refractivity contribution is -0.383. The van der Waals surface area contributed by atoms with Crippen LogP contribution in [0.5, 0.6) is 0 Å². The van der Waals surface area contributed by atoms with Crippen molar-refractivity contribution in [3.05, 3.63) is 16.4 Å². The van der Waals surface area contributed by atoms with Crippen LogP contribution < -0.4 is 16.2 Å². The first-order valence-electron chi connectivity index (χ1n) is 5.08. The van der Waals surface area contributed by atoms with Crippen LogP contribution >= 0.6 is 0 Å². The summed E-state index contributed by atoms with van der Waals surface area (Å²) in [6.07, 6.45) is 1.11. The Morgan fingerprint density at radius 1 is 1.39 bits per heavy atom. The molecule has 0 aliphatic heterocycles. The summed E-state index contributed by atoms with van der Waals surface area (Å²) in [6.45, 7) is -0.260. The number of hydrogen-bond acceptors (Lipinski definition) is 9. The molecule has 1 heterocycles. The highest BCUT2D eigenvalue weighted by atomic mass is 16.6. The predicted molar refractivity (Wildman–Crippen MR) is 62.9 cm³/mol. The number of anilines is 2. The van der Waals surface area contributed by atoms with Crippen molar-refractivity contribution in [2.75, 3.05) is 36.6 Å². The van der Waals surface area contributed by atoms with Crippen LogP contribution in [-0.2, 0) is 0 Å². The number of hydrogen-bond donors (Lipinski definition) is 4. The Balaban J connectivity index is 3.23. The molecule has 0 spiro atoms. The molecule has 18 heavy (non-hydrogen) atoms. The van der Waals surface area contributed by atoms with Crippen molar-refractivity contribution < 1.29 is 15.1 Å². The summed E-state index contributed by atoms with van der Waals surface area (Å²) in [6, 6.07) is 0. The van der Waals surface area contributed by atoms with Gasteiger partial charge in [0.1, 0.15) is 6.33 Å². The van der Waals surface area contributed by atoms with Gasteiger partial charge in [-0.3, -0.25) is 10.1 Å². The molecular formula is C8H14N6O4. The van der Waals surface area contributed by atoms with Gasteiger partial charge < -0.3 is 20.5 Å². The van der Waals surface area contributed by atoms with E-state index in [0.29, 0.717) is 0 Å². The number of aliphatic hydroxyl groups excluding tert-OH is 2. The summed E-state index contributed by atoms with van der Waals surface area (Å²) in [5.41, 5.74) is 1.71. The van der Waals surface area contributed by atoms with Crippen molar-refractivity contribution in [3.63, 3.8) is 0 Å². The number of hydrazine groups is 1. The molecule has 0 saturated carbocycles. The molecule has 0 radical (unpaired) electrons. The van der Waals surface area contributed by atoms with Crippen molar-refractivity contribution in [1.82, 2.24) is 9.97 Å². The van der Waals surface area contributed by atoms with Gasteiger partial charge in [-0.1, -0.05) is 0 Å². The molecule has 0 atom stereocenters. The van der Waals surface area contributed by atoms with E-state index >= 15 is 0 Å². The smallest absolute Gasteiger partial charge is 0.354 e. The lowest BCUT2D eigenvalue weighted by atomic mass is 10.3. The first-order valence-corrected chi connectivity index (χ1v) is 5.08. The zero-order valence-corrected chi connectivity index (χ0v) is 9.48. The maximum Gasteiger partial charge on any atom is 0.354 e. The molecule has 0 amide bonds. The number of nitrogens with zero attached hydrogens (tertiary/aromatic N) is 4. The van der Waals surface area contributed by atoms with Crippen LogP contribution in [0.3, 0.4) is 0 Å². The Kier molecular flexibility index (Phi) is 5.17. The van der Waals surface area contributed by atoms with Gasteiger partial charge in [-0.05, 0) is 0 Å². The highest BCUT2D eigenvalue weighted by Crippen LogP contribution is 2.30. The highest BCUT2D eigenvalue weighted by Gasteiger charge is 2.26. The van der Waals surface area contributed by atoms with E-state index in [9.17, 15) is 10.1 Å². The molecule has 5 N–H and O–H groups in total. The number of nitrogens with two attached hydrogens (primary N) is 1. The molecule has 100 valence electrons. The average molecular weight is 258 g/mol. The second kappa shape index (κ2) is 6.64. The minimum absolute atomic E-state index is 0.00829. The van der Waals surface area contributed by atoms with Crippen molar-refractivity contribution in [3.8, 4) is 0 Å². The number of rotatable bonds is 7. The van der Waals surface area contributed by atoms with E-state index in [1.54, 1.807) is 0 Å². The lowest BCUT2D eigenvalue weighted by Gasteiger charge is -2.21. The summed E-state index contributed by atoms with van der Waals surface area (Å²) in [5.74, 6) is 5.00. The zero-order valence-electron chi connectivity index (χ0n) is 9.48. The fourth-order valence-electron chi connectivity index (χ4n) is 1.44. The summed E-state index contributed by atoms with van der Waals surface area (Å²) >= 11 is 0. The zero-order chi connectivity index (χ0) is 13.5. The van der Waals surface area contributed by atoms with Crippen molar-refractivity contribution in [2.45, 2.75) is 0 Å². The maximum atomic E-state index is 11.0. The Morgan fingerprint density at radius 3 is 2.44 bits per heavy atom. The number of aromatic nitrogens is 2. The fourth-order valence-corrected chi connectivity index (χ4v) is 1.44. The molecule has 0 aromatic carbocycles. The Hall–Kier alpha value is -2.04. The molecule has 0 unspecified atom stereocenters. The van der Waals surface area contributed by atoms with E-state index in [-0.39, 0.29) is 37.9 Å². The van der Waals surface area contributed by atoms with Crippen LogP contribution in [0, 0.1) is 10.1 Å². The third kappa shape index (κ3) is 3.00. The molecule has 0 aliphatic carbocycles. The van der Waals surface area contributed by atoms with Crippen LogP contribution in [0.25, 0.3) is 0 Å². The molecule has 10 nitrogen and oxygen atoms in total. The summed E-state index contributed by atoms with van der Waals surface area (Å²) < 4.78 is 0. The third-order valence-electron chi connectivity index (χ3n) is 2.16. The van der Waals surface area contributed by atoms with E-state index in [1.807, 2.05) is 0 Å². The van der Waals surface area contributed by atoms with Crippen LogP contribution in [0.4, 0.5) is 17.3 Å². The van der Waals surface area contributed by atoms with Crippen molar-refractivity contribution in [2.24, 2.45) is 5.84 Å². The Labute approximate surface area is 102 Å². The fraction of sp³-hybridized carbons (Fsp3) is 0.500. The normalized spacial score (nSPS) is 10.2. The van der Waals surface area contributed by atoms with Gasteiger partial charge in [0, 0.05) is 13.1 Å². The van der Waals surface area contributed by atoms with Crippen LogP contribution in [-0.4, -0.2) is 51.4 Å². The van der Waals surface area contributed by atoms with E-state index in [2.05, 4.69) is 15.4 Å². The largest absolute Gasteiger partial charge is 0.395 e. The summed E-state index contributed by atoms with van der Waals surface area (Å²) in [4.78, 5) is 19.1. The van der Waals surface area contributed by atoms with Gasteiger partial charge >= 0.3 is 5.69 Å². The Bertz CT molecular complexity index is 409. The van der Waals surface area contributed by atoms with Gasteiger partial charge in [0.25, 0.3) is 0 Å². The standard InChI is InChI=1S/C8H14N6O4/c9-12-7-6(14(17)18)8(11-5-10-7)13(1-3-15)2-4-16/h5,15-16H,1-4,9H2,(H,10,11,12). The van der Waals surface area contributed by atoms with E-state index in [4.69, 9.17) is 16.1 Å². The van der Waals surface area contributed by atoms with Crippen molar-refractivity contribution >= 4 is 17.3 Å². The molecule has 0 bridgehead atoms. The Morgan fingerprint density at radius 2 is 2.00 bits per heavy atom. The SMILES string of the molecule is NNc1ncnc(N(CCO)CCO)c1[N+](=O)[O-]. The molecular weight excluding hydrogens is 244 g/mol. The maximum absolute atomic E-state index is 11.0. The van der Waals surface area contributed by atoms with Gasteiger partial charge in [-0.2, -0.15) is 0 Å². The van der Waals surface area contributed by atoms with E-state index < -0.39 is 10.6 Å². The monoisotopic (exact) mass is 258 g/mol. The topological polar surface area (TPSA) is 151 Å². The number of nitrogens with one attached hydrogen (secondary N) is 1. The first-order chi connectivity index (χ1) is 8.65. The van der Waals surface area contributed by atoms with Gasteiger partial charge in [-0.15, -0.1) is 0 Å². The molecule has 1 aromatic heterocycles. The number of aliphatic hydroxyl groups is 2. The van der Waals surface area contributed by atoms with Gasteiger partial charge in [0.2, 0.25) is 11.6 Å². The third-order valence-corrected chi connectivity index (χ3v) is 2.16. The van der Waals surface area contributed by atoms with Crippen molar-refractivity contribution in [1.29, 1.82) is 0 Å². The molecule has 1 rings (SSSR count). The van der Waals surface area contributed by atoms with Crippen LogP contribution in [0.15, 0.2) is 6.33 Å². The summed E-state index contributed by atoms with van der Waals surface area (Å²) in [5, 5.41) is 28.8. The predicted octanol–water partition coefficient (Wildman–Crippen LogP) is -1.54. The molecule has 10 heteroatoms. The number of nitro groups is 1. The number of nitrogen functional groups attached to an aromatic ring is 1. The molecule has 1 aromatic rings. The second-order valence-electron chi connectivity index (χ2n) is 3.23. The molecule has 0 aliphatic rings. The van der Waals surface area contributed by atoms with E-state index in [1.165, 1.54) is 4.90 Å². The van der Waals surface area contributed by atoms with E-state index in [0.717, 1.165) is 6.33 Å². The average Bonchev–Trinajstić information content (AvgIpc) is 2.37. The minimum atomic E-state index is -0.674. The van der Waals surface area contributed by atoms with Gasteiger partial charge in [0.05, 0.1) is 18.1 Å². The second-order valence-corrected chi connectivity index (χ2v) is 3.23. The molecule has 0 saturated heterocycles. The van der Waals surface area contributed by atoms with Crippen LogP contribution in [0.1, 0.15) is 0 Å². The lowest BCUT2D eigenvalue weighted by Crippen LogP contribution is -2.31. The summed E-state index contributed by atoms with van der Waals surface area (Å²) in [7, 11) is 0. The molecule has 0 fully saturated rings. The highest BCUT2D eigenvalue weighted by molar-refractivity contribution is 5.69. The first kappa shape index (κ1) is 14.0. The van der Waals surface area contributed by atoms with Gasteiger partial charge in [-0.25, -0.2) is 15.8 Å². The van der Waals surface area contributed by atoms with Crippen LogP contribution in [0.2, 0.25) is 0 Å². The minimum Gasteiger partial charge on any atom is -0.395 e. The van der Waals surface area contributed by atoms with Gasteiger partial charge in [0.15, 0.2) is 0 Å². The quantitative estimate of drug-likeness (QED) is 0.259.